The van der Waals surface area contributed by atoms with Crippen molar-refractivity contribution in [3.8, 4) is 11.2 Å². The van der Waals surface area contributed by atoms with Gasteiger partial charge in [0.25, 0.3) is 5.95 Å². The molecule has 162 valence electrons. The van der Waals surface area contributed by atoms with Crippen LogP contribution in [0.3, 0.4) is 0 Å². The third-order valence-corrected chi connectivity index (χ3v) is 5.16. The largest absolute Gasteiger partial charge is 0.395 e. The van der Waals surface area contributed by atoms with Crippen LogP contribution >= 0.6 is 11.3 Å². The molecule has 13 heteroatoms. The van der Waals surface area contributed by atoms with Crippen molar-refractivity contribution in [2.75, 3.05) is 36.9 Å². The van der Waals surface area contributed by atoms with Crippen LogP contribution < -0.4 is 10.6 Å². The monoisotopic (exact) mass is 450 g/mol. The zero-order valence-electron chi connectivity index (χ0n) is 16.7. The second-order valence-electron chi connectivity index (χ2n) is 6.32. The molecule has 32 heavy (non-hydrogen) atoms. The first-order chi connectivity index (χ1) is 15.7. The number of benzene rings is 1. The molecule has 0 amide bonds. The van der Waals surface area contributed by atoms with E-state index >= 15 is 0 Å². The number of para-hydroxylation sites is 1. The number of aliphatic hydroxyl groups excluding tert-OH is 2. The Labute approximate surface area is 185 Å². The molecule has 0 fully saturated rings. The minimum Gasteiger partial charge on any atom is -0.395 e. The summed E-state index contributed by atoms with van der Waals surface area (Å²) in [5.74, 6) is 0.713. The van der Waals surface area contributed by atoms with Crippen LogP contribution in [-0.2, 0) is 0 Å². The summed E-state index contributed by atoms with van der Waals surface area (Å²) in [5, 5.41) is 46.5. The Bertz CT molecular complexity index is 1260. The van der Waals surface area contributed by atoms with Crippen molar-refractivity contribution in [2.24, 2.45) is 10.2 Å². The van der Waals surface area contributed by atoms with Gasteiger partial charge in [-0.15, -0.1) is 15.3 Å². The van der Waals surface area contributed by atoms with Crippen molar-refractivity contribution >= 4 is 44.8 Å². The number of azo groups is 1. The van der Waals surface area contributed by atoms with Gasteiger partial charge in [0, 0.05) is 13.1 Å². The van der Waals surface area contributed by atoms with Crippen molar-refractivity contribution in [3.63, 3.8) is 0 Å². The first-order valence-corrected chi connectivity index (χ1v) is 10.4. The van der Waals surface area contributed by atoms with Crippen LogP contribution in [0.1, 0.15) is 5.56 Å². The van der Waals surface area contributed by atoms with Gasteiger partial charge in [0.05, 0.1) is 29.0 Å². The molecule has 0 radical (unpaired) electrons. The molecule has 4 rings (SSSR count). The van der Waals surface area contributed by atoms with E-state index in [1.54, 1.807) is 0 Å². The summed E-state index contributed by atoms with van der Waals surface area (Å²) >= 11 is 1.48. The average molecular weight is 450 g/mol. The van der Waals surface area contributed by atoms with Gasteiger partial charge in [-0.25, -0.2) is 9.97 Å². The molecule has 4 aromatic rings. The highest BCUT2D eigenvalue weighted by Crippen LogP contribution is 2.30. The third kappa shape index (κ3) is 4.67. The molecule has 3 heterocycles. The molecule has 0 aliphatic heterocycles. The Hall–Kier alpha value is -3.99. The summed E-state index contributed by atoms with van der Waals surface area (Å²) in [7, 11) is 0. The molecule has 0 saturated heterocycles. The smallest absolute Gasteiger partial charge is 0.287 e. The van der Waals surface area contributed by atoms with E-state index in [0.29, 0.717) is 16.8 Å². The predicted molar refractivity (Wildman–Crippen MR) is 119 cm³/mol. The summed E-state index contributed by atoms with van der Waals surface area (Å²) in [4.78, 5) is 13.0. The van der Waals surface area contributed by atoms with Crippen molar-refractivity contribution in [2.45, 2.75) is 0 Å². The molecular weight excluding hydrogens is 432 g/mol. The zero-order chi connectivity index (χ0) is 22.3. The highest BCUT2D eigenvalue weighted by molar-refractivity contribution is 7.20. The van der Waals surface area contributed by atoms with Gasteiger partial charge in [0.2, 0.25) is 5.13 Å². The van der Waals surface area contributed by atoms with E-state index in [1.165, 1.54) is 28.4 Å². The second-order valence-corrected chi connectivity index (χ2v) is 7.33. The molecule has 4 N–H and O–H groups in total. The average Bonchev–Trinajstić information content (AvgIpc) is 3.47. The number of aliphatic hydroxyl groups is 2. The maximum absolute atomic E-state index is 9.42. The number of thiazole rings is 1. The molecule has 1 aromatic carbocycles. The number of fused-ring (bicyclic) bond motifs is 1. The Kier molecular flexibility index (Phi) is 6.56. The lowest BCUT2D eigenvalue weighted by Crippen LogP contribution is -2.12. The minimum atomic E-state index is -0.119. The van der Waals surface area contributed by atoms with Crippen LogP contribution in [-0.4, -0.2) is 61.2 Å². The zero-order valence-corrected chi connectivity index (χ0v) is 17.5. The van der Waals surface area contributed by atoms with Crippen LogP contribution in [0.15, 0.2) is 46.9 Å². The van der Waals surface area contributed by atoms with Gasteiger partial charge in [0.1, 0.15) is 23.9 Å². The molecule has 12 nitrogen and oxygen atoms in total. The molecule has 0 saturated carbocycles. The highest BCUT2D eigenvalue weighted by Gasteiger charge is 2.13. The standard InChI is InChI=1S/C19H18N10O2S/c20-10-12-9-14(17(22-6-8-31)25-16(12)21-5-7-30)26-27-18-23-11-29(28-18)19-24-13-3-1-2-4-15(13)32-19/h1-4,9,11,30-31H,5-8H2,(H2,21,22,25). The highest BCUT2D eigenvalue weighted by atomic mass is 32.1. The van der Waals surface area contributed by atoms with Gasteiger partial charge in [-0.05, 0) is 18.2 Å². The maximum atomic E-state index is 9.42. The third-order valence-electron chi connectivity index (χ3n) is 4.14. The SMILES string of the molecule is N#Cc1cc(N=Nc2ncn(-c3nc4ccccc4s3)n2)c(NCCO)nc1NCCO. The second kappa shape index (κ2) is 9.88. The molecule has 0 aliphatic carbocycles. The summed E-state index contributed by atoms with van der Waals surface area (Å²) in [5.41, 5.74) is 1.38. The summed E-state index contributed by atoms with van der Waals surface area (Å²) < 4.78 is 2.55. The van der Waals surface area contributed by atoms with Gasteiger partial charge < -0.3 is 20.8 Å². The van der Waals surface area contributed by atoms with E-state index < -0.39 is 0 Å². The quantitative estimate of drug-likeness (QED) is 0.280. The number of aromatic nitrogens is 5. The molecule has 0 unspecified atom stereocenters. The van der Waals surface area contributed by atoms with E-state index in [2.05, 4.69) is 40.9 Å². The first kappa shape index (κ1) is 21.2. The number of pyridine rings is 1. The van der Waals surface area contributed by atoms with E-state index in [0.717, 1.165) is 10.2 Å². The van der Waals surface area contributed by atoms with E-state index in [4.69, 9.17) is 10.2 Å². The van der Waals surface area contributed by atoms with Crippen molar-refractivity contribution in [3.05, 3.63) is 42.2 Å². The fraction of sp³-hybridized carbons (Fsp3) is 0.211. The molecule has 0 aliphatic rings. The lowest BCUT2D eigenvalue weighted by molar-refractivity contribution is 0.311. The van der Waals surface area contributed by atoms with Gasteiger partial charge in [-0.1, -0.05) is 23.5 Å². The van der Waals surface area contributed by atoms with Gasteiger partial charge in [-0.3, -0.25) is 0 Å². The maximum Gasteiger partial charge on any atom is 0.287 e. The molecule has 0 spiro atoms. The van der Waals surface area contributed by atoms with Crippen molar-refractivity contribution in [1.82, 2.24) is 24.7 Å². The Balaban J connectivity index is 1.61. The Morgan fingerprint density at radius 1 is 1.06 bits per heavy atom. The first-order valence-electron chi connectivity index (χ1n) is 9.55. The van der Waals surface area contributed by atoms with Crippen molar-refractivity contribution in [1.29, 1.82) is 5.26 Å². The molecule has 0 atom stereocenters. The van der Waals surface area contributed by atoms with Crippen molar-refractivity contribution < 1.29 is 10.2 Å². The topological polar surface area (TPSA) is 170 Å². The lowest BCUT2D eigenvalue weighted by atomic mass is 10.2. The summed E-state index contributed by atoms with van der Waals surface area (Å²) in [6, 6.07) is 11.3. The van der Waals surface area contributed by atoms with Crippen LogP contribution in [0.4, 0.5) is 23.3 Å². The number of hydrogen-bond donors (Lipinski definition) is 4. The number of anilines is 2. The lowest BCUT2D eigenvalue weighted by Gasteiger charge is -2.11. The molecular formula is C19H18N10O2S. The van der Waals surface area contributed by atoms with E-state index in [9.17, 15) is 5.26 Å². The van der Waals surface area contributed by atoms with Gasteiger partial charge >= 0.3 is 0 Å². The number of rotatable bonds is 9. The normalized spacial score (nSPS) is 11.2. The predicted octanol–water partition coefficient (Wildman–Crippen LogP) is 2.37. The Morgan fingerprint density at radius 3 is 2.59 bits per heavy atom. The van der Waals surface area contributed by atoms with E-state index in [-0.39, 0.29) is 43.5 Å². The van der Waals surface area contributed by atoms with Gasteiger partial charge in [-0.2, -0.15) is 14.9 Å². The number of nitriles is 1. The number of nitrogens with one attached hydrogen (secondary N) is 2. The Morgan fingerprint density at radius 2 is 1.84 bits per heavy atom. The fourth-order valence-corrected chi connectivity index (χ4v) is 3.61. The summed E-state index contributed by atoms with van der Waals surface area (Å²) in [6.45, 7) is 0.225. The van der Waals surface area contributed by atoms with Crippen LogP contribution in [0.5, 0.6) is 0 Å². The number of nitrogens with zero attached hydrogens (tertiary/aromatic N) is 8. The van der Waals surface area contributed by atoms with Crippen LogP contribution in [0.25, 0.3) is 15.3 Å². The van der Waals surface area contributed by atoms with Gasteiger partial charge in [0.15, 0.2) is 5.82 Å². The fourth-order valence-electron chi connectivity index (χ4n) is 2.73. The van der Waals surface area contributed by atoms with Crippen LogP contribution in [0.2, 0.25) is 0 Å². The van der Waals surface area contributed by atoms with Crippen LogP contribution in [0, 0.1) is 11.3 Å². The molecule has 3 aromatic heterocycles. The number of hydrogen-bond acceptors (Lipinski definition) is 12. The molecule has 0 bridgehead atoms. The minimum absolute atomic E-state index is 0.110. The summed E-state index contributed by atoms with van der Waals surface area (Å²) in [6.07, 6.45) is 1.50. The van der Waals surface area contributed by atoms with E-state index in [1.807, 2.05) is 30.3 Å².